The number of phosphoric acid groups is 2. The molecule has 95 heavy (non-hydrogen) atoms. The molecule has 564 valence electrons. The smallest absolute Gasteiger partial charge is 0.462 e. The van der Waals surface area contributed by atoms with Crippen molar-refractivity contribution in [2.24, 2.45) is 11.8 Å². The van der Waals surface area contributed by atoms with E-state index in [1.54, 1.807) is 0 Å². The molecule has 0 heterocycles. The van der Waals surface area contributed by atoms with E-state index in [-0.39, 0.29) is 25.7 Å². The minimum atomic E-state index is -4.96. The van der Waals surface area contributed by atoms with E-state index in [2.05, 4.69) is 41.5 Å². The third-order valence-corrected chi connectivity index (χ3v) is 20.0. The Labute approximate surface area is 581 Å². The van der Waals surface area contributed by atoms with Crippen LogP contribution in [-0.2, 0) is 65.4 Å². The van der Waals surface area contributed by atoms with Gasteiger partial charge in [-0.3, -0.25) is 37.3 Å². The van der Waals surface area contributed by atoms with Gasteiger partial charge in [-0.15, -0.1) is 0 Å². The number of unbranched alkanes of at least 4 members (excludes halogenated alkanes) is 44. The maximum absolute atomic E-state index is 13.1. The zero-order valence-electron chi connectivity index (χ0n) is 62.0. The summed E-state index contributed by atoms with van der Waals surface area (Å²) in [7, 11) is -9.91. The molecule has 0 rings (SSSR count). The first-order valence-corrected chi connectivity index (χ1v) is 42.5. The molecular weight excluding hydrogens is 1250 g/mol. The van der Waals surface area contributed by atoms with Crippen LogP contribution in [0.4, 0.5) is 0 Å². The van der Waals surface area contributed by atoms with Crippen LogP contribution in [0.1, 0.15) is 395 Å². The summed E-state index contributed by atoms with van der Waals surface area (Å²) in [5, 5.41) is 10.6. The molecule has 19 heteroatoms. The summed E-state index contributed by atoms with van der Waals surface area (Å²) in [5.41, 5.74) is 0. The predicted octanol–water partition coefficient (Wildman–Crippen LogP) is 22.3. The minimum Gasteiger partial charge on any atom is -0.462 e. The Morgan fingerprint density at radius 3 is 0.800 bits per heavy atom. The fourth-order valence-corrected chi connectivity index (χ4v) is 13.2. The Morgan fingerprint density at radius 1 is 0.305 bits per heavy atom. The summed E-state index contributed by atoms with van der Waals surface area (Å²) in [5.74, 6) is -0.473. The lowest BCUT2D eigenvalue weighted by Gasteiger charge is -2.21. The number of carbonyl (C=O) groups excluding carboxylic acids is 4. The molecule has 3 unspecified atom stereocenters. The molecule has 0 aromatic carbocycles. The highest BCUT2D eigenvalue weighted by atomic mass is 31.2. The maximum Gasteiger partial charge on any atom is 0.472 e. The van der Waals surface area contributed by atoms with Gasteiger partial charge in [-0.2, -0.15) is 0 Å². The van der Waals surface area contributed by atoms with E-state index in [4.69, 9.17) is 37.0 Å². The number of rotatable bonds is 75. The average molecular weight is 1400 g/mol. The predicted molar refractivity (Wildman–Crippen MR) is 386 cm³/mol. The number of aliphatic hydroxyl groups excluding tert-OH is 1. The molecule has 6 atom stereocenters. The average Bonchev–Trinajstić information content (AvgIpc) is 1.33. The number of esters is 4. The van der Waals surface area contributed by atoms with Gasteiger partial charge in [0.15, 0.2) is 12.2 Å². The summed E-state index contributed by atoms with van der Waals surface area (Å²) in [6.45, 7) is 9.64. The molecule has 0 aromatic heterocycles. The van der Waals surface area contributed by atoms with Gasteiger partial charge in [0, 0.05) is 25.7 Å². The first kappa shape index (κ1) is 93.1. The summed E-state index contributed by atoms with van der Waals surface area (Å²) < 4.78 is 68.4. The van der Waals surface area contributed by atoms with Crippen molar-refractivity contribution in [3.8, 4) is 0 Å². The molecule has 0 amide bonds. The molecule has 0 bridgehead atoms. The van der Waals surface area contributed by atoms with Crippen molar-refractivity contribution in [2.75, 3.05) is 39.6 Å². The van der Waals surface area contributed by atoms with Gasteiger partial charge in [0.05, 0.1) is 26.4 Å². The highest BCUT2D eigenvalue weighted by Crippen LogP contribution is 2.45. The lowest BCUT2D eigenvalue weighted by Crippen LogP contribution is -2.30. The van der Waals surface area contributed by atoms with Gasteiger partial charge in [0.25, 0.3) is 0 Å². The van der Waals surface area contributed by atoms with Crippen molar-refractivity contribution in [3.05, 3.63) is 0 Å². The summed E-state index contributed by atoms with van der Waals surface area (Å²) >= 11 is 0. The van der Waals surface area contributed by atoms with E-state index in [9.17, 15) is 43.2 Å². The molecule has 0 fully saturated rings. The van der Waals surface area contributed by atoms with Crippen molar-refractivity contribution in [3.63, 3.8) is 0 Å². The van der Waals surface area contributed by atoms with E-state index in [1.807, 2.05) is 0 Å². The van der Waals surface area contributed by atoms with Crippen LogP contribution in [0.2, 0.25) is 0 Å². The number of hydrogen-bond donors (Lipinski definition) is 3. The quantitative estimate of drug-likeness (QED) is 0.0222. The van der Waals surface area contributed by atoms with E-state index >= 15 is 0 Å². The second-order valence-corrected chi connectivity index (χ2v) is 31.0. The first-order chi connectivity index (χ1) is 45.9. The van der Waals surface area contributed by atoms with Crippen LogP contribution in [-0.4, -0.2) is 96.7 Å². The highest BCUT2D eigenvalue weighted by molar-refractivity contribution is 7.47. The molecule has 0 aliphatic rings. The second-order valence-electron chi connectivity index (χ2n) is 28.1. The van der Waals surface area contributed by atoms with Gasteiger partial charge >= 0.3 is 39.5 Å². The Balaban J connectivity index is 5.20. The minimum absolute atomic E-state index is 0.107. The van der Waals surface area contributed by atoms with Gasteiger partial charge in [-0.05, 0) is 37.5 Å². The molecule has 0 aliphatic heterocycles. The monoisotopic (exact) mass is 1400 g/mol. The Morgan fingerprint density at radius 2 is 0.537 bits per heavy atom. The Bertz CT molecular complexity index is 1840. The lowest BCUT2D eigenvalue weighted by molar-refractivity contribution is -0.161. The summed E-state index contributed by atoms with van der Waals surface area (Å²) in [6.07, 6.45) is 55.5. The fraction of sp³-hybridized carbons (Fsp3) is 0.947. The van der Waals surface area contributed by atoms with E-state index in [0.29, 0.717) is 25.7 Å². The van der Waals surface area contributed by atoms with Crippen LogP contribution in [0.15, 0.2) is 0 Å². The van der Waals surface area contributed by atoms with Gasteiger partial charge < -0.3 is 33.8 Å². The topological polar surface area (TPSA) is 237 Å². The summed E-state index contributed by atoms with van der Waals surface area (Å²) in [6, 6.07) is 0. The SMILES string of the molecule is CCCCCCCCCCCCCCCC(=O)O[C@H](COC(=O)CCCCCCCCC)COP(=O)(O)OC[C@H](O)COP(=O)(O)OC[C@@H](COC(=O)CCCCCCCCCCCCCCCCC(C)C)OC(=O)CCCCCCCCCCCCCCCCC(C)CC. The van der Waals surface area contributed by atoms with Gasteiger partial charge in [-0.25, -0.2) is 9.13 Å². The van der Waals surface area contributed by atoms with Crippen molar-refractivity contribution in [2.45, 2.75) is 413 Å². The van der Waals surface area contributed by atoms with Crippen LogP contribution < -0.4 is 0 Å². The van der Waals surface area contributed by atoms with Crippen molar-refractivity contribution in [1.82, 2.24) is 0 Å². The molecule has 0 saturated heterocycles. The van der Waals surface area contributed by atoms with Crippen molar-refractivity contribution >= 4 is 39.5 Å². The third kappa shape index (κ3) is 69.0. The second kappa shape index (κ2) is 67.9. The van der Waals surface area contributed by atoms with Crippen LogP contribution in [0, 0.1) is 11.8 Å². The molecule has 0 saturated carbocycles. The fourth-order valence-electron chi connectivity index (χ4n) is 11.6. The Hall–Kier alpha value is -1.94. The summed E-state index contributed by atoms with van der Waals surface area (Å²) in [4.78, 5) is 72.7. The van der Waals surface area contributed by atoms with Crippen LogP contribution in [0.3, 0.4) is 0 Å². The van der Waals surface area contributed by atoms with Gasteiger partial charge in [-0.1, -0.05) is 343 Å². The molecule has 0 spiro atoms. The zero-order valence-corrected chi connectivity index (χ0v) is 63.8. The van der Waals surface area contributed by atoms with Gasteiger partial charge in [0.2, 0.25) is 0 Å². The first-order valence-electron chi connectivity index (χ1n) is 39.5. The van der Waals surface area contributed by atoms with Crippen LogP contribution in [0.5, 0.6) is 0 Å². The molecule has 3 N–H and O–H groups in total. The maximum atomic E-state index is 13.1. The molecule has 0 radical (unpaired) electrons. The standard InChI is InChI=1S/C76H148O17P2/c1-7-10-12-14-16-17-18-23-31-36-42-48-54-60-75(80)92-71(64-86-73(78)58-52-46-38-15-13-11-8-2)66-90-94(82,83)88-62-70(77)63-89-95(84,85)91-67-72(65-87-74(79)59-53-47-41-35-30-26-21-19-24-28-33-39-44-50-56-68(4)5)93-76(81)61-55-49-43-37-32-27-22-20-25-29-34-40-45-51-57-69(6)9-3/h68-72,77H,7-67H2,1-6H3,(H,82,83)(H,84,85)/t69?,70-,71+,72+/m0/s1. The van der Waals surface area contributed by atoms with Crippen LogP contribution >= 0.6 is 15.6 Å². The van der Waals surface area contributed by atoms with E-state index < -0.39 is 97.5 Å². The Kier molecular flexibility index (Phi) is 66.5. The molecule has 0 aliphatic carbocycles. The van der Waals surface area contributed by atoms with E-state index in [0.717, 1.165) is 115 Å². The number of hydrogen-bond acceptors (Lipinski definition) is 15. The molecule has 0 aromatic rings. The highest BCUT2D eigenvalue weighted by Gasteiger charge is 2.30. The van der Waals surface area contributed by atoms with Crippen LogP contribution in [0.25, 0.3) is 0 Å². The largest absolute Gasteiger partial charge is 0.472 e. The van der Waals surface area contributed by atoms with E-state index in [1.165, 1.54) is 199 Å². The normalized spacial score (nSPS) is 14.3. The van der Waals surface area contributed by atoms with Crippen molar-refractivity contribution in [1.29, 1.82) is 0 Å². The number of phosphoric ester groups is 2. The van der Waals surface area contributed by atoms with Gasteiger partial charge in [0.1, 0.15) is 19.3 Å². The number of aliphatic hydroxyl groups is 1. The number of carbonyl (C=O) groups is 4. The third-order valence-electron chi connectivity index (χ3n) is 18.1. The molecule has 17 nitrogen and oxygen atoms in total. The number of ether oxygens (including phenoxy) is 4. The lowest BCUT2D eigenvalue weighted by atomic mass is 9.99. The zero-order chi connectivity index (χ0) is 70.0. The molecular formula is C76H148O17P2. The van der Waals surface area contributed by atoms with Crippen molar-refractivity contribution < 1.29 is 80.2 Å².